The minimum absolute atomic E-state index is 0.00750. The van der Waals surface area contributed by atoms with E-state index < -0.39 is 0 Å². The summed E-state index contributed by atoms with van der Waals surface area (Å²) in [6, 6.07) is 7.86. The number of hydrogen-bond donors (Lipinski definition) is 2. The molecule has 0 spiro atoms. The number of aromatic amines is 1. The van der Waals surface area contributed by atoms with Gasteiger partial charge in [-0.2, -0.15) is 0 Å². The van der Waals surface area contributed by atoms with Crippen molar-refractivity contribution in [3.05, 3.63) is 34.7 Å². The topological polar surface area (TPSA) is 49.8 Å². The van der Waals surface area contributed by atoms with Crippen LogP contribution in [0.1, 0.15) is 6.42 Å². The lowest BCUT2D eigenvalue weighted by Crippen LogP contribution is -2.22. The van der Waals surface area contributed by atoms with E-state index in [2.05, 4.69) is 10.3 Å². The molecule has 0 bridgehead atoms. The summed E-state index contributed by atoms with van der Waals surface area (Å²) in [7, 11) is 0. The van der Waals surface area contributed by atoms with E-state index in [0.717, 1.165) is 37.1 Å². The second-order valence-electron chi connectivity index (χ2n) is 4.42. The second kappa shape index (κ2) is 3.79. The van der Waals surface area contributed by atoms with Crippen molar-refractivity contribution in [2.75, 3.05) is 13.1 Å². The van der Waals surface area contributed by atoms with Crippen LogP contribution < -0.4 is 11.0 Å². The van der Waals surface area contributed by atoms with Crippen LogP contribution in [-0.4, -0.2) is 22.6 Å². The van der Waals surface area contributed by atoms with Crippen LogP contribution in [0.5, 0.6) is 0 Å². The maximum atomic E-state index is 11.8. The van der Waals surface area contributed by atoms with Gasteiger partial charge in [-0.25, -0.2) is 4.79 Å². The Morgan fingerprint density at radius 3 is 3.06 bits per heavy atom. The smallest absolute Gasteiger partial charge is 0.316 e. The number of hydrogen-bond acceptors (Lipinski definition) is 2. The van der Waals surface area contributed by atoms with Gasteiger partial charge in [0.15, 0.2) is 0 Å². The fourth-order valence-electron chi connectivity index (χ4n) is 2.42. The first-order valence-corrected chi connectivity index (χ1v) is 5.73. The average Bonchev–Trinajstić information content (AvgIpc) is 2.89. The van der Waals surface area contributed by atoms with Gasteiger partial charge in [0.2, 0.25) is 0 Å². The highest BCUT2D eigenvalue weighted by atomic mass is 16.1. The van der Waals surface area contributed by atoms with Gasteiger partial charge in [-0.05, 0) is 37.6 Å². The molecule has 3 rings (SSSR count). The Labute approximate surface area is 93.3 Å². The lowest BCUT2D eigenvalue weighted by molar-refractivity contribution is 0.481. The van der Waals surface area contributed by atoms with Crippen molar-refractivity contribution in [2.45, 2.75) is 13.0 Å². The summed E-state index contributed by atoms with van der Waals surface area (Å²) in [6.07, 6.45) is 1.16. The molecule has 1 aromatic carbocycles. The number of para-hydroxylation sites is 2. The molecule has 0 amide bonds. The molecular weight excluding hydrogens is 202 g/mol. The highest BCUT2D eigenvalue weighted by molar-refractivity contribution is 5.74. The van der Waals surface area contributed by atoms with Crippen LogP contribution in [0.2, 0.25) is 0 Å². The first-order valence-electron chi connectivity index (χ1n) is 5.73. The number of H-pyrrole nitrogens is 1. The number of rotatable bonds is 2. The Hall–Kier alpha value is -1.55. The van der Waals surface area contributed by atoms with E-state index in [-0.39, 0.29) is 5.69 Å². The highest BCUT2D eigenvalue weighted by Gasteiger charge is 2.17. The minimum atomic E-state index is 0.00750. The Morgan fingerprint density at radius 2 is 2.25 bits per heavy atom. The van der Waals surface area contributed by atoms with Crippen molar-refractivity contribution >= 4 is 11.0 Å². The van der Waals surface area contributed by atoms with Crippen LogP contribution in [0.25, 0.3) is 11.0 Å². The van der Waals surface area contributed by atoms with Crippen molar-refractivity contribution in [3.8, 4) is 0 Å². The van der Waals surface area contributed by atoms with Gasteiger partial charge >= 0.3 is 5.69 Å². The molecule has 0 aliphatic carbocycles. The molecule has 1 aliphatic heterocycles. The van der Waals surface area contributed by atoms with Gasteiger partial charge < -0.3 is 10.3 Å². The summed E-state index contributed by atoms with van der Waals surface area (Å²) in [6.45, 7) is 2.91. The quantitative estimate of drug-likeness (QED) is 0.786. The third kappa shape index (κ3) is 1.55. The Kier molecular flexibility index (Phi) is 2.29. The molecule has 2 aromatic rings. The van der Waals surface area contributed by atoms with Gasteiger partial charge in [0, 0.05) is 6.54 Å². The van der Waals surface area contributed by atoms with Crippen molar-refractivity contribution < 1.29 is 0 Å². The minimum Gasteiger partial charge on any atom is -0.316 e. The zero-order chi connectivity index (χ0) is 11.0. The Bertz CT molecular complexity index is 549. The van der Waals surface area contributed by atoms with Gasteiger partial charge in [-0.3, -0.25) is 4.57 Å². The molecule has 0 radical (unpaired) electrons. The largest absolute Gasteiger partial charge is 0.326 e. The van der Waals surface area contributed by atoms with Gasteiger partial charge in [0.25, 0.3) is 0 Å². The number of nitrogens with one attached hydrogen (secondary N) is 2. The first-order chi connectivity index (χ1) is 7.84. The molecule has 1 atom stereocenters. The van der Waals surface area contributed by atoms with E-state index in [9.17, 15) is 4.79 Å². The molecular formula is C12H15N3O. The van der Waals surface area contributed by atoms with Crippen molar-refractivity contribution in [3.63, 3.8) is 0 Å². The summed E-state index contributed by atoms with van der Waals surface area (Å²) in [5.74, 6) is 0.580. The normalized spacial score (nSPS) is 20.6. The van der Waals surface area contributed by atoms with E-state index in [0.29, 0.717) is 5.92 Å². The number of imidazole rings is 1. The summed E-state index contributed by atoms with van der Waals surface area (Å²) in [5, 5.41) is 3.33. The molecule has 0 saturated carbocycles. The monoisotopic (exact) mass is 217 g/mol. The van der Waals surface area contributed by atoms with E-state index >= 15 is 0 Å². The lowest BCUT2D eigenvalue weighted by Gasteiger charge is -2.08. The van der Waals surface area contributed by atoms with Crippen molar-refractivity contribution in [1.29, 1.82) is 0 Å². The molecule has 2 N–H and O–H groups in total. The van der Waals surface area contributed by atoms with Crippen LogP contribution in [0, 0.1) is 5.92 Å². The second-order valence-corrected chi connectivity index (χ2v) is 4.42. The van der Waals surface area contributed by atoms with Crippen LogP contribution >= 0.6 is 0 Å². The van der Waals surface area contributed by atoms with Crippen molar-refractivity contribution in [2.24, 2.45) is 5.92 Å². The molecule has 16 heavy (non-hydrogen) atoms. The highest BCUT2D eigenvalue weighted by Crippen LogP contribution is 2.14. The van der Waals surface area contributed by atoms with Crippen LogP contribution in [0.3, 0.4) is 0 Å². The maximum Gasteiger partial charge on any atom is 0.326 e. The number of benzene rings is 1. The summed E-state index contributed by atoms with van der Waals surface area (Å²) >= 11 is 0. The Morgan fingerprint density at radius 1 is 1.38 bits per heavy atom. The summed E-state index contributed by atoms with van der Waals surface area (Å²) in [4.78, 5) is 14.7. The molecule has 2 heterocycles. The molecule has 1 aliphatic rings. The van der Waals surface area contributed by atoms with Crippen LogP contribution in [0.15, 0.2) is 29.1 Å². The maximum absolute atomic E-state index is 11.8. The summed E-state index contributed by atoms with van der Waals surface area (Å²) in [5.41, 5.74) is 1.95. The molecule has 4 nitrogen and oxygen atoms in total. The zero-order valence-corrected chi connectivity index (χ0v) is 9.07. The molecule has 1 unspecified atom stereocenters. The SMILES string of the molecule is O=c1[nH]c2ccccc2n1CC1CCNC1. The predicted molar refractivity (Wildman–Crippen MR) is 63.5 cm³/mol. The fraction of sp³-hybridized carbons (Fsp3) is 0.417. The van der Waals surface area contributed by atoms with Gasteiger partial charge in [0.1, 0.15) is 0 Å². The molecule has 4 heteroatoms. The average molecular weight is 217 g/mol. The van der Waals surface area contributed by atoms with Gasteiger partial charge in [-0.15, -0.1) is 0 Å². The fourth-order valence-corrected chi connectivity index (χ4v) is 2.42. The van der Waals surface area contributed by atoms with Crippen LogP contribution in [-0.2, 0) is 6.54 Å². The van der Waals surface area contributed by atoms with E-state index in [1.54, 1.807) is 0 Å². The van der Waals surface area contributed by atoms with Crippen molar-refractivity contribution in [1.82, 2.24) is 14.9 Å². The first kappa shape index (κ1) is 9.66. The molecule has 84 valence electrons. The van der Waals surface area contributed by atoms with E-state index in [1.807, 2.05) is 28.8 Å². The number of fused-ring (bicyclic) bond motifs is 1. The van der Waals surface area contributed by atoms with E-state index in [1.165, 1.54) is 0 Å². The molecule has 1 aromatic heterocycles. The third-order valence-corrected chi connectivity index (χ3v) is 3.28. The van der Waals surface area contributed by atoms with Gasteiger partial charge in [0.05, 0.1) is 11.0 Å². The van der Waals surface area contributed by atoms with Gasteiger partial charge in [-0.1, -0.05) is 12.1 Å². The van der Waals surface area contributed by atoms with Crippen LogP contribution in [0.4, 0.5) is 0 Å². The predicted octanol–water partition coefficient (Wildman–Crippen LogP) is 0.939. The standard InChI is InChI=1S/C12H15N3O/c16-12-14-10-3-1-2-4-11(10)15(12)8-9-5-6-13-7-9/h1-4,9,13H,5-8H2,(H,14,16). The third-order valence-electron chi connectivity index (χ3n) is 3.28. The zero-order valence-electron chi connectivity index (χ0n) is 9.07. The lowest BCUT2D eigenvalue weighted by atomic mass is 10.1. The molecule has 1 fully saturated rings. The number of aromatic nitrogens is 2. The number of nitrogens with zero attached hydrogens (tertiary/aromatic N) is 1. The molecule has 1 saturated heterocycles. The Balaban J connectivity index is 2.01. The summed E-state index contributed by atoms with van der Waals surface area (Å²) < 4.78 is 1.85. The van der Waals surface area contributed by atoms with E-state index in [4.69, 9.17) is 0 Å².